The number of hydrogen-bond acceptors (Lipinski definition) is 2. The summed E-state index contributed by atoms with van der Waals surface area (Å²) in [6.45, 7) is 3.55. The topological polar surface area (TPSA) is 40.5 Å². The largest absolute Gasteiger partial charge is 0.430 e. The second kappa shape index (κ2) is 7.75. The van der Waals surface area contributed by atoms with Crippen molar-refractivity contribution in [3.8, 4) is 0 Å². The van der Waals surface area contributed by atoms with Crippen LogP contribution in [-0.4, -0.2) is 41.4 Å². The number of halogens is 7. The molecule has 1 saturated heterocycles. The van der Waals surface area contributed by atoms with E-state index in [1.807, 2.05) is 0 Å². The van der Waals surface area contributed by atoms with E-state index in [0.717, 1.165) is 12.1 Å². The third kappa shape index (κ3) is 3.85. The van der Waals surface area contributed by atoms with E-state index in [-0.39, 0.29) is 19.0 Å². The van der Waals surface area contributed by atoms with Gasteiger partial charge in [-0.15, -0.1) is 0 Å². The van der Waals surface area contributed by atoms with E-state index >= 15 is 0 Å². The number of hydrogen-bond donors (Lipinski definition) is 1. The van der Waals surface area contributed by atoms with Crippen LogP contribution in [0.1, 0.15) is 36.5 Å². The Morgan fingerprint density at radius 1 is 0.969 bits per heavy atom. The number of carbonyl (C=O) groups excluding carboxylic acids is 1. The predicted octanol–water partition coefficient (Wildman–Crippen LogP) is 5.04. The van der Waals surface area contributed by atoms with Crippen molar-refractivity contribution in [3.63, 3.8) is 0 Å². The van der Waals surface area contributed by atoms with Gasteiger partial charge in [-0.25, -0.2) is 4.39 Å². The summed E-state index contributed by atoms with van der Waals surface area (Å²) in [5.41, 5.74) is -6.09. The lowest BCUT2D eigenvalue weighted by atomic mass is 9.71. The lowest BCUT2D eigenvalue weighted by Gasteiger charge is -2.34. The molecule has 0 aromatic heterocycles. The predicted molar refractivity (Wildman–Crippen MR) is 101 cm³/mol. The monoisotopic (exact) mass is 463 g/mol. The van der Waals surface area contributed by atoms with E-state index in [1.54, 1.807) is 6.92 Å². The third-order valence-corrected chi connectivity index (χ3v) is 6.19. The minimum atomic E-state index is -5.98. The Balaban J connectivity index is 2.05. The molecular weight excluding hydrogens is 443 g/mol. The van der Waals surface area contributed by atoms with Gasteiger partial charge in [0.25, 0.3) is 5.60 Å². The van der Waals surface area contributed by atoms with Gasteiger partial charge in [0, 0.05) is 36.9 Å². The van der Waals surface area contributed by atoms with Crippen molar-refractivity contribution in [2.45, 2.75) is 43.1 Å². The minimum absolute atomic E-state index is 0.172. The third-order valence-electron chi connectivity index (χ3n) is 6.19. The van der Waals surface area contributed by atoms with E-state index < -0.39 is 40.7 Å². The van der Waals surface area contributed by atoms with Crippen LogP contribution in [0.4, 0.5) is 30.7 Å². The van der Waals surface area contributed by atoms with Crippen LogP contribution in [-0.2, 0) is 15.8 Å². The second-order valence-electron chi connectivity index (χ2n) is 8.20. The summed E-state index contributed by atoms with van der Waals surface area (Å²) in [4.78, 5) is 13.5. The van der Waals surface area contributed by atoms with Crippen molar-refractivity contribution in [3.05, 3.63) is 71.0 Å². The summed E-state index contributed by atoms with van der Waals surface area (Å²) in [5, 5.41) is 9.59. The number of aliphatic hydroxyl groups is 1. The summed E-state index contributed by atoms with van der Waals surface area (Å²) < 4.78 is 92.4. The summed E-state index contributed by atoms with van der Waals surface area (Å²) >= 11 is 0. The Morgan fingerprint density at radius 3 is 1.91 bits per heavy atom. The van der Waals surface area contributed by atoms with Crippen LogP contribution in [0.2, 0.25) is 0 Å². The fourth-order valence-corrected chi connectivity index (χ4v) is 4.27. The van der Waals surface area contributed by atoms with Crippen LogP contribution in [0.15, 0.2) is 48.5 Å². The van der Waals surface area contributed by atoms with Gasteiger partial charge in [-0.05, 0) is 23.3 Å². The summed E-state index contributed by atoms with van der Waals surface area (Å²) in [7, 11) is 0. The lowest BCUT2D eigenvalue weighted by molar-refractivity contribution is -0.376. The average molecular weight is 463 g/mol. The fraction of sp³-hybridized carbons (Fsp3) is 0.409. The summed E-state index contributed by atoms with van der Waals surface area (Å²) in [6, 6.07) is 8.92. The Bertz CT molecular complexity index is 969. The first kappa shape index (κ1) is 24.0. The molecule has 0 radical (unpaired) electrons. The van der Waals surface area contributed by atoms with Gasteiger partial charge in [0.05, 0.1) is 0 Å². The van der Waals surface area contributed by atoms with Gasteiger partial charge in [-0.2, -0.15) is 26.3 Å². The van der Waals surface area contributed by atoms with E-state index in [4.69, 9.17) is 0 Å². The van der Waals surface area contributed by atoms with Gasteiger partial charge in [-0.3, -0.25) is 4.79 Å². The molecule has 1 fully saturated rings. The molecule has 1 aliphatic heterocycles. The smallest absolute Gasteiger partial charge is 0.369 e. The number of rotatable bonds is 3. The molecule has 2 atom stereocenters. The summed E-state index contributed by atoms with van der Waals surface area (Å²) in [6.07, 6.45) is -12.0. The highest BCUT2D eigenvalue weighted by molar-refractivity contribution is 5.74. The maximum absolute atomic E-state index is 13.4. The van der Waals surface area contributed by atoms with Gasteiger partial charge in [0.1, 0.15) is 5.82 Å². The number of benzene rings is 2. The van der Waals surface area contributed by atoms with Crippen molar-refractivity contribution in [2.75, 3.05) is 13.1 Å². The molecule has 10 heteroatoms. The summed E-state index contributed by atoms with van der Waals surface area (Å²) in [5.74, 6) is -1.21. The Hall–Kier alpha value is -2.62. The molecule has 0 bridgehead atoms. The zero-order chi connectivity index (χ0) is 24.1. The van der Waals surface area contributed by atoms with Gasteiger partial charge in [-0.1, -0.05) is 43.3 Å². The molecular formula is C22H20F7NO2. The molecule has 1 heterocycles. The standard InChI is InChI=1S/C22H20F7NO2/c1-13(31)30-11-18(19(2,12-30)15-7-9-17(23)10-8-15)14-3-5-16(6-4-14)20(32,21(24,25)26)22(27,28)29/h3-10,18,32H,11-12H2,1-2H3/t18-,19+/m0/s1. The highest BCUT2D eigenvalue weighted by atomic mass is 19.4. The molecule has 2 aromatic carbocycles. The van der Waals surface area contributed by atoms with Crippen LogP contribution >= 0.6 is 0 Å². The molecule has 32 heavy (non-hydrogen) atoms. The molecule has 0 saturated carbocycles. The first-order valence-corrected chi connectivity index (χ1v) is 9.59. The number of likely N-dealkylation sites (tertiary alicyclic amines) is 1. The molecule has 0 aliphatic carbocycles. The van der Waals surface area contributed by atoms with Crippen LogP contribution < -0.4 is 0 Å². The quantitative estimate of drug-likeness (QED) is 0.648. The first-order valence-electron chi connectivity index (χ1n) is 9.59. The molecule has 1 N–H and O–H groups in total. The van der Waals surface area contributed by atoms with Gasteiger partial charge < -0.3 is 10.0 Å². The highest BCUT2D eigenvalue weighted by Crippen LogP contribution is 2.51. The zero-order valence-corrected chi connectivity index (χ0v) is 17.1. The van der Waals surface area contributed by atoms with E-state index in [2.05, 4.69) is 0 Å². The van der Waals surface area contributed by atoms with Crippen molar-refractivity contribution >= 4 is 5.91 Å². The van der Waals surface area contributed by atoms with Crippen molar-refractivity contribution in [1.82, 2.24) is 4.90 Å². The molecule has 3 nitrogen and oxygen atoms in total. The van der Waals surface area contributed by atoms with Gasteiger partial charge in [0.15, 0.2) is 0 Å². The number of carbonyl (C=O) groups is 1. The Labute approximate surface area is 179 Å². The fourth-order valence-electron chi connectivity index (χ4n) is 4.27. The van der Waals surface area contributed by atoms with Gasteiger partial charge >= 0.3 is 12.4 Å². The van der Waals surface area contributed by atoms with E-state index in [9.17, 15) is 40.6 Å². The van der Waals surface area contributed by atoms with Crippen molar-refractivity contribution in [1.29, 1.82) is 0 Å². The number of amides is 1. The van der Waals surface area contributed by atoms with Crippen LogP contribution in [0.3, 0.4) is 0 Å². The van der Waals surface area contributed by atoms with Crippen molar-refractivity contribution < 1.29 is 40.6 Å². The maximum atomic E-state index is 13.4. The molecule has 2 aromatic rings. The molecule has 1 aliphatic rings. The van der Waals surface area contributed by atoms with Crippen LogP contribution in [0, 0.1) is 5.82 Å². The molecule has 174 valence electrons. The SMILES string of the molecule is CC(=O)N1C[C@@H](c2ccc(C(O)(C(F)(F)F)C(F)(F)F)cc2)[C@@](C)(c2ccc(F)cc2)C1. The zero-order valence-electron chi connectivity index (χ0n) is 17.1. The molecule has 0 spiro atoms. The van der Waals surface area contributed by atoms with Crippen molar-refractivity contribution in [2.24, 2.45) is 0 Å². The van der Waals surface area contributed by atoms with Crippen LogP contribution in [0.5, 0.6) is 0 Å². The van der Waals surface area contributed by atoms with Crippen LogP contribution in [0.25, 0.3) is 0 Å². The van der Waals surface area contributed by atoms with E-state index in [0.29, 0.717) is 23.3 Å². The normalized spacial score (nSPS) is 22.3. The first-order chi connectivity index (χ1) is 14.6. The highest BCUT2D eigenvalue weighted by Gasteiger charge is 2.71. The Morgan fingerprint density at radius 2 is 1.47 bits per heavy atom. The molecule has 0 unspecified atom stereocenters. The Kier molecular flexibility index (Phi) is 5.82. The lowest BCUT2D eigenvalue weighted by Crippen LogP contribution is -2.53. The number of alkyl halides is 6. The van der Waals surface area contributed by atoms with Gasteiger partial charge in [0.2, 0.25) is 5.91 Å². The molecule has 1 amide bonds. The molecule has 3 rings (SSSR count). The van der Waals surface area contributed by atoms with E-state index in [1.165, 1.54) is 36.1 Å². The minimum Gasteiger partial charge on any atom is -0.369 e. The number of nitrogens with zero attached hydrogens (tertiary/aromatic N) is 1. The average Bonchev–Trinajstić information content (AvgIpc) is 3.05. The second-order valence-corrected chi connectivity index (χ2v) is 8.20. The maximum Gasteiger partial charge on any atom is 0.430 e.